The molecule has 3 heterocycles. The van der Waals surface area contributed by atoms with Crippen molar-refractivity contribution in [3.63, 3.8) is 0 Å². The average molecular weight is 421 g/mol. The van der Waals surface area contributed by atoms with Crippen LogP contribution in [0.5, 0.6) is 11.5 Å². The van der Waals surface area contributed by atoms with Crippen LogP contribution in [0.4, 0.5) is 0 Å². The van der Waals surface area contributed by atoms with Gasteiger partial charge >= 0.3 is 0 Å². The Bertz CT molecular complexity index is 815. The van der Waals surface area contributed by atoms with Crippen LogP contribution in [0.25, 0.3) is 0 Å². The van der Waals surface area contributed by atoms with Crippen molar-refractivity contribution in [1.29, 1.82) is 0 Å². The molecular formula is C18H21BrN4O3. The zero-order valence-corrected chi connectivity index (χ0v) is 16.2. The minimum absolute atomic E-state index is 0.0407. The van der Waals surface area contributed by atoms with Crippen molar-refractivity contribution in [2.45, 2.75) is 20.0 Å². The minimum atomic E-state index is 0.0407. The van der Waals surface area contributed by atoms with Crippen LogP contribution in [-0.4, -0.2) is 58.5 Å². The molecule has 0 saturated carbocycles. The largest absolute Gasteiger partial charge is 0.454 e. The Morgan fingerprint density at radius 1 is 1.19 bits per heavy atom. The van der Waals surface area contributed by atoms with E-state index in [1.807, 2.05) is 24.0 Å². The van der Waals surface area contributed by atoms with E-state index < -0.39 is 0 Å². The van der Waals surface area contributed by atoms with E-state index in [-0.39, 0.29) is 5.91 Å². The standard InChI is InChI=1S/C18H21BrN4O3/c1-2-23-17(14(19)10-20-23)18(24)22-7-5-21(6-8-22)11-13-3-4-15-16(9-13)26-12-25-15/h3-4,9-10H,2,5-8,11-12H2,1H3. The van der Waals surface area contributed by atoms with Gasteiger partial charge in [-0.2, -0.15) is 5.10 Å². The second kappa shape index (κ2) is 7.28. The highest BCUT2D eigenvalue weighted by Gasteiger charge is 2.26. The first-order valence-electron chi connectivity index (χ1n) is 8.77. The Morgan fingerprint density at radius 3 is 2.73 bits per heavy atom. The summed E-state index contributed by atoms with van der Waals surface area (Å²) in [6.45, 7) is 6.92. The lowest BCUT2D eigenvalue weighted by atomic mass is 10.1. The summed E-state index contributed by atoms with van der Waals surface area (Å²) in [7, 11) is 0. The molecule has 0 radical (unpaired) electrons. The fraction of sp³-hybridized carbons (Fsp3) is 0.444. The smallest absolute Gasteiger partial charge is 0.273 e. The number of benzene rings is 1. The van der Waals surface area contributed by atoms with Crippen LogP contribution in [0.15, 0.2) is 28.9 Å². The Morgan fingerprint density at radius 2 is 1.96 bits per heavy atom. The van der Waals surface area contributed by atoms with Crippen molar-refractivity contribution < 1.29 is 14.3 Å². The van der Waals surface area contributed by atoms with Gasteiger partial charge in [-0.1, -0.05) is 6.07 Å². The highest BCUT2D eigenvalue weighted by molar-refractivity contribution is 9.10. The molecule has 138 valence electrons. The van der Waals surface area contributed by atoms with Gasteiger partial charge in [-0.15, -0.1) is 0 Å². The normalized spacial score (nSPS) is 16.9. The van der Waals surface area contributed by atoms with E-state index >= 15 is 0 Å². The molecule has 0 atom stereocenters. The first-order valence-corrected chi connectivity index (χ1v) is 9.56. The molecule has 0 aliphatic carbocycles. The highest BCUT2D eigenvalue weighted by Crippen LogP contribution is 2.32. The first-order chi connectivity index (χ1) is 12.7. The number of hydrogen-bond acceptors (Lipinski definition) is 5. The Balaban J connectivity index is 1.37. The maximum atomic E-state index is 12.8. The van der Waals surface area contributed by atoms with Crippen LogP contribution in [0.2, 0.25) is 0 Å². The van der Waals surface area contributed by atoms with E-state index in [0.29, 0.717) is 32.1 Å². The quantitative estimate of drug-likeness (QED) is 0.759. The van der Waals surface area contributed by atoms with E-state index in [0.717, 1.165) is 35.6 Å². The molecule has 1 amide bonds. The first kappa shape index (κ1) is 17.4. The molecule has 0 N–H and O–H groups in total. The van der Waals surface area contributed by atoms with Gasteiger partial charge in [0.25, 0.3) is 5.91 Å². The molecule has 0 bridgehead atoms. The van der Waals surface area contributed by atoms with Gasteiger partial charge in [0.05, 0.1) is 10.7 Å². The van der Waals surface area contributed by atoms with E-state index in [1.165, 1.54) is 5.56 Å². The average Bonchev–Trinajstić information content (AvgIpc) is 3.27. The van der Waals surface area contributed by atoms with E-state index in [4.69, 9.17) is 9.47 Å². The topological polar surface area (TPSA) is 59.8 Å². The molecular weight excluding hydrogens is 400 g/mol. The lowest BCUT2D eigenvalue weighted by Crippen LogP contribution is -2.48. The second-order valence-corrected chi connectivity index (χ2v) is 7.27. The number of amides is 1. The molecule has 1 aromatic carbocycles. The number of hydrogen-bond donors (Lipinski definition) is 0. The van der Waals surface area contributed by atoms with Crippen molar-refractivity contribution in [2.75, 3.05) is 33.0 Å². The summed E-state index contributed by atoms with van der Waals surface area (Å²) in [5.74, 6) is 1.66. The Labute approximate surface area is 160 Å². The zero-order chi connectivity index (χ0) is 18.1. The highest BCUT2D eigenvalue weighted by atomic mass is 79.9. The molecule has 2 aromatic rings. The van der Waals surface area contributed by atoms with Gasteiger partial charge in [0.2, 0.25) is 6.79 Å². The number of rotatable bonds is 4. The number of carbonyl (C=O) groups is 1. The summed E-state index contributed by atoms with van der Waals surface area (Å²) in [5.41, 5.74) is 1.83. The predicted molar refractivity (Wildman–Crippen MR) is 99.3 cm³/mol. The summed E-state index contributed by atoms with van der Waals surface area (Å²) < 4.78 is 13.3. The van der Waals surface area contributed by atoms with Crippen LogP contribution in [-0.2, 0) is 13.1 Å². The van der Waals surface area contributed by atoms with Crippen molar-refractivity contribution in [3.8, 4) is 11.5 Å². The van der Waals surface area contributed by atoms with E-state index in [2.05, 4.69) is 32.0 Å². The molecule has 2 aliphatic heterocycles. The number of ether oxygens (including phenoxy) is 2. The number of aryl methyl sites for hydroxylation is 1. The number of carbonyl (C=O) groups excluding carboxylic acids is 1. The molecule has 1 fully saturated rings. The van der Waals surface area contributed by atoms with Gasteiger partial charge in [-0.25, -0.2) is 0 Å². The molecule has 7 nitrogen and oxygen atoms in total. The summed E-state index contributed by atoms with van der Waals surface area (Å²) in [4.78, 5) is 17.1. The minimum Gasteiger partial charge on any atom is -0.454 e. The maximum absolute atomic E-state index is 12.8. The fourth-order valence-corrected chi connectivity index (χ4v) is 3.84. The molecule has 8 heteroatoms. The molecule has 4 rings (SSSR count). The number of fused-ring (bicyclic) bond motifs is 1. The molecule has 26 heavy (non-hydrogen) atoms. The van der Waals surface area contributed by atoms with Crippen LogP contribution >= 0.6 is 15.9 Å². The Hall–Kier alpha value is -2.06. The fourth-order valence-electron chi connectivity index (χ4n) is 3.37. The van der Waals surface area contributed by atoms with Gasteiger partial charge in [-0.3, -0.25) is 14.4 Å². The summed E-state index contributed by atoms with van der Waals surface area (Å²) in [5, 5.41) is 4.24. The van der Waals surface area contributed by atoms with E-state index in [9.17, 15) is 4.79 Å². The number of nitrogens with zero attached hydrogens (tertiary/aromatic N) is 4. The van der Waals surface area contributed by atoms with Crippen molar-refractivity contribution in [2.24, 2.45) is 0 Å². The van der Waals surface area contributed by atoms with Gasteiger partial charge in [0.15, 0.2) is 11.5 Å². The summed E-state index contributed by atoms with van der Waals surface area (Å²) >= 11 is 3.44. The SMILES string of the molecule is CCn1ncc(Br)c1C(=O)N1CCN(Cc2ccc3c(c2)OCO3)CC1. The van der Waals surface area contributed by atoms with Crippen LogP contribution in [0.1, 0.15) is 23.0 Å². The third-order valence-corrected chi connectivity index (χ3v) is 5.38. The molecule has 0 spiro atoms. The van der Waals surface area contributed by atoms with Gasteiger partial charge in [0.1, 0.15) is 5.69 Å². The maximum Gasteiger partial charge on any atom is 0.273 e. The molecule has 1 saturated heterocycles. The van der Waals surface area contributed by atoms with Crippen molar-refractivity contribution in [1.82, 2.24) is 19.6 Å². The summed E-state index contributed by atoms with van der Waals surface area (Å²) in [6.07, 6.45) is 1.69. The lowest BCUT2D eigenvalue weighted by molar-refractivity contribution is 0.0615. The third-order valence-electron chi connectivity index (χ3n) is 4.80. The molecule has 0 unspecified atom stereocenters. The number of piperazine rings is 1. The molecule has 2 aliphatic rings. The lowest BCUT2D eigenvalue weighted by Gasteiger charge is -2.34. The Kier molecular flexibility index (Phi) is 4.86. The molecule has 1 aromatic heterocycles. The second-order valence-electron chi connectivity index (χ2n) is 6.41. The van der Waals surface area contributed by atoms with Crippen LogP contribution in [0.3, 0.4) is 0 Å². The van der Waals surface area contributed by atoms with Gasteiger partial charge in [-0.05, 0) is 40.5 Å². The zero-order valence-electron chi connectivity index (χ0n) is 14.7. The number of aromatic nitrogens is 2. The van der Waals surface area contributed by atoms with E-state index in [1.54, 1.807) is 10.9 Å². The van der Waals surface area contributed by atoms with Crippen molar-refractivity contribution >= 4 is 21.8 Å². The summed E-state index contributed by atoms with van der Waals surface area (Å²) in [6, 6.07) is 6.07. The number of halogens is 1. The van der Waals surface area contributed by atoms with Gasteiger partial charge in [0, 0.05) is 39.3 Å². The third kappa shape index (κ3) is 3.31. The monoisotopic (exact) mass is 420 g/mol. The predicted octanol–water partition coefficient (Wildman–Crippen LogP) is 2.35. The van der Waals surface area contributed by atoms with Crippen LogP contribution in [0, 0.1) is 0 Å². The van der Waals surface area contributed by atoms with Crippen molar-refractivity contribution in [3.05, 3.63) is 40.1 Å². The van der Waals surface area contributed by atoms with Crippen LogP contribution < -0.4 is 9.47 Å². The van der Waals surface area contributed by atoms with Gasteiger partial charge < -0.3 is 14.4 Å².